The van der Waals surface area contributed by atoms with Crippen molar-refractivity contribution in [1.82, 2.24) is 14.9 Å². The molecule has 1 aliphatic carbocycles. The fraction of sp³-hybridized carbons (Fsp3) is 0.360. The van der Waals surface area contributed by atoms with Gasteiger partial charge in [0.25, 0.3) is 0 Å². The van der Waals surface area contributed by atoms with E-state index in [2.05, 4.69) is 42.7 Å². The van der Waals surface area contributed by atoms with Crippen LogP contribution in [-0.2, 0) is 10.2 Å². The zero-order valence-corrected chi connectivity index (χ0v) is 18.3. The van der Waals surface area contributed by atoms with Gasteiger partial charge >= 0.3 is 6.36 Å². The van der Waals surface area contributed by atoms with E-state index in [1.165, 1.54) is 17.7 Å². The lowest BCUT2D eigenvalue weighted by molar-refractivity contribution is -0.274. The molecular formula is C25H23F3N4O2. The minimum atomic E-state index is -4.78. The molecule has 0 amide bonds. The molecule has 0 N–H and O–H groups in total. The Morgan fingerprint density at radius 2 is 1.62 bits per heavy atom. The first-order chi connectivity index (χ1) is 16.5. The van der Waals surface area contributed by atoms with Crippen LogP contribution in [0.25, 0.3) is 11.1 Å². The minimum Gasteiger partial charge on any atom is -0.405 e. The highest BCUT2D eigenvalue weighted by Crippen LogP contribution is 2.62. The molecule has 1 saturated heterocycles. The summed E-state index contributed by atoms with van der Waals surface area (Å²) in [5, 5.41) is 0. The van der Waals surface area contributed by atoms with Crippen LogP contribution in [-0.4, -0.2) is 53.7 Å². The zero-order valence-electron chi connectivity index (χ0n) is 18.3. The molecule has 3 aliphatic rings. The van der Waals surface area contributed by atoms with Crippen molar-refractivity contribution in [3.8, 4) is 16.9 Å². The Balaban J connectivity index is 1.38. The second-order valence-electron chi connectivity index (χ2n) is 8.88. The van der Waals surface area contributed by atoms with Crippen molar-refractivity contribution in [3.63, 3.8) is 0 Å². The Morgan fingerprint density at radius 1 is 0.941 bits per heavy atom. The van der Waals surface area contributed by atoms with Gasteiger partial charge in [0.2, 0.25) is 5.95 Å². The Kier molecular flexibility index (Phi) is 5.00. The highest BCUT2D eigenvalue weighted by atomic mass is 19.4. The van der Waals surface area contributed by atoms with E-state index in [1.54, 1.807) is 24.5 Å². The Bertz CT molecular complexity index is 1190. The third kappa shape index (κ3) is 3.59. The molecule has 6 rings (SSSR count). The van der Waals surface area contributed by atoms with E-state index in [-0.39, 0.29) is 22.9 Å². The highest BCUT2D eigenvalue weighted by Gasteiger charge is 2.61. The van der Waals surface area contributed by atoms with Crippen molar-refractivity contribution in [2.24, 2.45) is 0 Å². The van der Waals surface area contributed by atoms with Crippen LogP contribution in [0, 0.1) is 0 Å². The summed E-state index contributed by atoms with van der Waals surface area (Å²) in [5.74, 6) is 0.256. The molecule has 2 aromatic carbocycles. The summed E-state index contributed by atoms with van der Waals surface area (Å²) in [6, 6.07) is 14.4. The highest BCUT2D eigenvalue weighted by molar-refractivity contribution is 5.74. The van der Waals surface area contributed by atoms with E-state index in [1.807, 2.05) is 6.07 Å². The number of halogens is 3. The van der Waals surface area contributed by atoms with Crippen LogP contribution in [0.15, 0.2) is 60.9 Å². The van der Waals surface area contributed by atoms with Crippen molar-refractivity contribution < 1.29 is 22.6 Å². The van der Waals surface area contributed by atoms with E-state index in [4.69, 9.17) is 4.74 Å². The number of para-hydroxylation sites is 2. The average Bonchev–Trinajstić information content (AvgIpc) is 3.58. The Morgan fingerprint density at radius 3 is 2.32 bits per heavy atom. The summed E-state index contributed by atoms with van der Waals surface area (Å²) in [7, 11) is 0. The summed E-state index contributed by atoms with van der Waals surface area (Å²) in [5.41, 5.74) is 3.19. The summed E-state index contributed by atoms with van der Waals surface area (Å²) in [6.07, 6.45) is 0.641. The standard InChI is InChI=1S/C25H23F3N4O2/c26-25(27,28)34-21-8-4-1-5-18(21)17-15-29-23(30-16-17)32-20-7-3-2-6-19(20)24(9-10-24)22(32)31-11-13-33-14-12-31/h1-8,15-16,22H,9-14H2. The monoisotopic (exact) mass is 468 g/mol. The molecule has 0 bridgehead atoms. The second kappa shape index (κ2) is 7.95. The third-order valence-corrected chi connectivity index (χ3v) is 6.90. The molecule has 0 radical (unpaired) electrons. The number of morpholine rings is 1. The molecule has 1 aromatic heterocycles. The summed E-state index contributed by atoms with van der Waals surface area (Å²) in [6.45, 7) is 3.04. The van der Waals surface area contributed by atoms with E-state index in [0.29, 0.717) is 24.7 Å². The lowest BCUT2D eigenvalue weighted by Crippen LogP contribution is -2.54. The second-order valence-corrected chi connectivity index (χ2v) is 8.88. The van der Waals surface area contributed by atoms with Gasteiger partial charge in [-0.1, -0.05) is 36.4 Å². The van der Waals surface area contributed by atoms with Gasteiger partial charge in [-0.05, 0) is 30.5 Å². The van der Waals surface area contributed by atoms with Gasteiger partial charge in [0, 0.05) is 47.7 Å². The quantitative estimate of drug-likeness (QED) is 0.544. The maximum Gasteiger partial charge on any atom is 0.573 e. The molecule has 9 heteroatoms. The topological polar surface area (TPSA) is 50.7 Å². The number of hydrogen-bond acceptors (Lipinski definition) is 6. The number of anilines is 2. The van der Waals surface area contributed by atoms with Crippen molar-refractivity contribution in [2.45, 2.75) is 30.8 Å². The first-order valence-corrected chi connectivity index (χ1v) is 11.3. The maximum atomic E-state index is 12.9. The number of benzene rings is 2. The number of alkyl halides is 3. The molecule has 1 atom stereocenters. The summed E-state index contributed by atoms with van der Waals surface area (Å²) < 4.78 is 48.4. The molecule has 3 aromatic rings. The van der Waals surface area contributed by atoms with Gasteiger partial charge in [0.05, 0.1) is 19.4 Å². The van der Waals surface area contributed by atoms with Crippen molar-refractivity contribution >= 4 is 11.6 Å². The molecule has 3 heterocycles. The molecule has 2 aliphatic heterocycles. The average molecular weight is 468 g/mol. The van der Waals surface area contributed by atoms with Gasteiger partial charge in [-0.25, -0.2) is 9.97 Å². The minimum absolute atomic E-state index is 0.0448. The van der Waals surface area contributed by atoms with Gasteiger partial charge in [-0.2, -0.15) is 0 Å². The van der Waals surface area contributed by atoms with Crippen molar-refractivity contribution in [1.29, 1.82) is 0 Å². The molecule has 2 fully saturated rings. The van der Waals surface area contributed by atoms with Gasteiger partial charge in [-0.3, -0.25) is 9.80 Å². The first-order valence-electron chi connectivity index (χ1n) is 11.3. The largest absolute Gasteiger partial charge is 0.573 e. The Labute approximate surface area is 194 Å². The number of aromatic nitrogens is 2. The lowest BCUT2D eigenvalue weighted by atomic mass is 9.95. The third-order valence-electron chi connectivity index (χ3n) is 6.90. The van der Waals surface area contributed by atoms with Crippen LogP contribution >= 0.6 is 0 Å². The molecular weight excluding hydrogens is 445 g/mol. The van der Waals surface area contributed by atoms with Crippen LogP contribution in [0.3, 0.4) is 0 Å². The van der Waals surface area contributed by atoms with Crippen molar-refractivity contribution in [2.75, 3.05) is 31.2 Å². The SMILES string of the molecule is FC(F)(F)Oc1ccccc1-c1cnc(N2c3ccccc3C3(CC3)C2N2CCOCC2)nc1. The number of ether oxygens (including phenoxy) is 2. The lowest BCUT2D eigenvalue weighted by Gasteiger charge is -2.40. The molecule has 1 spiro atoms. The zero-order chi connectivity index (χ0) is 23.3. The van der Waals surface area contributed by atoms with Crippen LogP contribution < -0.4 is 9.64 Å². The fourth-order valence-electron chi connectivity index (χ4n) is 5.34. The molecule has 6 nitrogen and oxygen atoms in total. The smallest absolute Gasteiger partial charge is 0.405 e. The van der Waals surface area contributed by atoms with Crippen LogP contribution in [0.1, 0.15) is 18.4 Å². The molecule has 34 heavy (non-hydrogen) atoms. The number of hydrogen-bond donors (Lipinski definition) is 0. The van der Waals surface area contributed by atoms with Gasteiger partial charge < -0.3 is 9.47 Å². The van der Waals surface area contributed by atoms with E-state index < -0.39 is 6.36 Å². The summed E-state index contributed by atoms with van der Waals surface area (Å²) in [4.78, 5) is 13.9. The first kappa shape index (κ1) is 21.4. The predicted octanol–water partition coefficient (Wildman–Crippen LogP) is 4.88. The molecule has 1 saturated carbocycles. The van der Waals surface area contributed by atoms with Crippen LogP contribution in [0.2, 0.25) is 0 Å². The predicted molar refractivity (Wildman–Crippen MR) is 120 cm³/mol. The molecule has 176 valence electrons. The van der Waals surface area contributed by atoms with Crippen LogP contribution in [0.4, 0.5) is 24.8 Å². The summed E-state index contributed by atoms with van der Waals surface area (Å²) >= 11 is 0. The van der Waals surface area contributed by atoms with Gasteiger partial charge in [-0.15, -0.1) is 13.2 Å². The van der Waals surface area contributed by atoms with Gasteiger partial charge in [0.15, 0.2) is 0 Å². The number of fused-ring (bicyclic) bond motifs is 2. The normalized spacial score (nSPS) is 21.5. The molecule has 1 unspecified atom stereocenters. The fourth-order valence-corrected chi connectivity index (χ4v) is 5.34. The number of rotatable bonds is 4. The number of nitrogens with zero attached hydrogens (tertiary/aromatic N) is 4. The Hall–Kier alpha value is -3.17. The van der Waals surface area contributed by atoms with E-state index in [0.717, 1.165) is 31.6 Å². The maximum absolute atomic E-state index is 12.9. The van der Waals surface area contributed by atoms with Gasteiger partial charge in [0.1, 0.15) is 5.75 Å². The van der Waals surface area contributed by atoms with Crippen molar-refractivity contribution in [3.05, 3.63) is 66.5 Å². The van der Waals surface area contributed by atoms with Crippen LogP contribution in [0.5, 0.6) is 5.75 Å². The van der Waals surface area contributed by atoms with E-state index in [9.17, 15) is 13.2 Å². The van der Waals surface area contributed by atoms with E-state index >= 15 is 0 Å².